The van der Waals surface area contributed by atoms with Crippen molar-refractivity contribution in [2.45, 2.75) is 44.2 Å². The Bertz CT molecular complexity index is 420. The molecule has 96 valence electrons. The van der Waals surface area contributed by atoms with Crippen LogP contribution in [0.5, 0.6) is 0 Å². The lowest BCUT2D eigenvalue weighted by Gasteiger charge is -2.10. The minimum atomic E-state index is -0.247. The van der Waals surface area contributed by atoms with Crippen LogP contribution in [0, 0.1) is 0 Å². The van der Waals surface area contributed by atoms with Crippen LogP contribution in [0.25, 0.3) is 0 Å². The number of hydrogen-bond donors (Lipinski definition) is 1. The van der Waals surface area contributed by atoms with E-state index in [-0.39, 0.29) is 12.0 Å². The van der Waals surface area contributed by atoms with Gasteiger partial charge in [-0.25, -0.2) is 0 Å². The maximum absolute atomic E-state index is 11.7. The Morgan fingerprint density at radius 1 is 1.39 bits per heavy atom. The van der Waals surface area contributed by atoms with Crippen LogP contribution < -0.4 is 5.32 Å². The predicted octanol–water partition coefficient (Wildman–Crippen LogP) is 1.75. The Kier molecular flexibility index (Phi) is 3.28. The monoisotopic (exact) mass is 246 g/mol. The SMILES string of the molecule is O=C(NCc1ccc(C2CC2)nc1)C1CCCO1. The van der Waals surface area contributed by atoms with E-state index < -0.39 is 0 Å². The molecule has 1 aromatic heterocycles. The normalized spacial score (nSPS) is 23.0. The lowest BCUT2D eigenvalue weighted by molar-refractivity contribution is -0.130. The van der Waals surface area contributed by atoms with Gasteiger partial charge in [-0.3, -0.25) is 9.78 Å². The zero-order valence-corrected chi connectivity index (χ0v) is 10.4. The summed E-state index contributed by atoms with van der Waals surface area (Å²) in [4.78, 5) is 16.2. The van der Waals surface area contributed by atoms with Crippen molar-refractivity contribution in [2.24, 2.45) is 0 Å². The topological polar surface area (TPSA) is 51.2 Å². The highest BCUT2D eigenvalue weighted by molar-refractivity contribution is 5.80. The van der Waals surface area contributed by atoms with E-state index in [1.807, 2.05) is 6.20 Å². The van der Waals surface area contributed by atoms with Crippen LogP contribution in [0.3, 0.4) is 0 Å². The van der Waals surface area contributed by atoms with Crippen molar-refractivity contribution in [3.05, 3.63) is 29.6 Å². The molecule has 1 saturated carbocycles. The zero-order chi connectivity index (χ0) is 12.4. The summed E-state index contributed by atoms with van der Waals surface area (Å²) in [5.74, 6) is 0.680. The molecule has 2 aliphatic rings. The number of nitrogens with one attached hydrogen (secondary N) is 1. The minimum Gasteiger partial charge on any atom is -0.368 e. The Hall–Kier alpha value is -1.42. The molecule has 4 heteroatoms. The summed E-state index contributed by atoms with van der Waals surface area (Å²) in [6, 6.07) is 4.13. The van der Waals surface area contributed by atoms with Gasteiger partial charge in [0.2, 0.25) is 5.91 Å². The summed E-state index contributed by atoms with van der Waals surface area (Å²) >= 11 is 0. The Balaban J connectivity index is 1.51. The summed E-state index contributed by atoms with van der Waals surface area (Å²) in [5.41, 5.74) is 2.23. The van der Waals surface area contributed by atoms with E-state index in [1.165, 1.54) is 18.5 Å². The molecule has 0 aromatic carbocycles. The molecule has 1 aromatic rings. The van der Waals surface area contributed by atoms with E-state index >= 15 is 0 Å². The van der Waals surface area contributed by atoms with Gasteiger partial charge < -0.3 is 10.1 Å². The number of carbonyl (C=O) groups excluding carboxylic acids is 1. The van der Waals surface area contributed by atoms with Gasteiger partial charge in [0.25, 0.3) is 0 Å². The first kappa shape index (κ1) is 11.7. The number of pyridine rings is 1. The van der Waals surface area contributed by atoms with Gasteiger partial charge in [0.1, 0.15) is 6.10 Å². The molecule has 3 rings (SSSR count). The van der Waals surface area contributed by atoms with Gasteiger partial charge in [-0.05, 0) is 37.3 Å². The van der Waals surface area contributed by atoms with Gasteiger partial charge in [-0.1, -0.05) is 6.07 Å². The third-order valence-corrected chi connectivity index (χ3v) is 3.53. The van der Waals surface area contributed by atoms with Crippen molar-refractivity contribution < 1.29 is 9.53 Å². The molecule has 0 bridgehead atoms. The maximum atomic E-state index is 11.7. The number of amides is 1. The average molecular weight is 246 g/mol. The highest BCUT2D eigenvalue weighted by Gasteiger charge is 2.25. The Morgan fingerprint density at radius 3 is 2.89 bits per heavy atom. The fourth-order valence-electron chi connectivity index (χ4n) is 2.25. The van der Waals surface area contributed by atoms with Crippen molar-refractivity contribution in [2.75, 3.05) is 6.61 Å². The minimum absolute atomic E-state index is 0.00114. The second-order valence-electron chi connectivity index (χ2n) is 5.09. The number of ether oxygens (including phenoxy) is 1. The third-order valence-electron chi connectivity index (χ3n) is 3.53. The number of carbonyl (C=O) groups is 1. The summed E-state index contributed by atoms with van der Waals surface area (Å²) in [7, 11) is 0. The van der Waals surface area contributed by atoms with Gasteiger partial charge >= 0.3 is 0 Å². The molecule has 2 heterocycles. The van der Waals surface area contributed by atoms with Gasteiger partial charge in [0.15, 0.2) is 0 Å². The van der Waals surface area contributed by atoms with Crippen LogP contribution in [-0.4, -0.2) is 23.6 Å². The first-order valence-electron chi connectivity index (χ1n) is 6.67. The predicted molar refractivity (Wildman–Crippen MR) is 67.0 cm³/mol. The standard InChI is InChI=1S/C14H18N2O2/c17-14(13-2-1-7-18-13)16-9-10-3-6-12(15-8-10)11-4-5-11/h3,6,8,11,13H,1-2,4-5,7,9H2,(H,16,17). The summed E-state index contributed by atoms with van der Waals surface area (Å²) < 4.78 is 5.33. The molecular weight excluding hydrogens is 228 g/mol. The van der Waals surface area contributed by atoms with Crippen LogP contribution in [0.2, 0.25) is 0 Å². The van der Waals surface area contributed by atoms with Crippen molar-refractivity contribution >= 4 is 5.91 Å². The number of rotatable bonds is 4. The first-order chi connectivity index (χ1) is 8.83. The highest BCUT2D eigenvalue weighted by Crippen LogP contribution is 2.38. The molecule has 2 fully saturated rings. The molecule has 1 aliphatic carbocycles. The molecule has 1 saturated heterocycles. The van der Waals surface area contributed by atoms with Crippen LogP contribution in [-0.2, 0) is 16.1 Å². The smallest absolute Gasteiger partial charge is 0.249 e. The first-order valence-corrected chi connectivity index (χ1v) is 6.67. The highest BCUT2D eigenvalue weighted by atomic mass is 16.5. The largest absolute Gasteiger partial charge is 0.368 e. The van der Waals surface area contributed by atoms with E-state index in [2.05, 4.69) is 22.4 Å². The maximum Gasteiger partial charge on any atom is 0.249 e. The van der Waals surface area contributed by atoms with Crippen LogP contribution >= 0.6 is 0 Å². The fraction of sp³-hybridized carbons (Fsp3) is 0.571. The van der Waals surface area contributed by atoms with Crippen LogP contribution in [0.15, 0.2) is 18.3 Å². The van der Waals surface area contributed by atoms with E-state index in [0.29, 0.717) is 19.1 Å². The zero-order valence-electron chi connectivity index (χ0n) is 10.4. The van der Waals surface area contributed by atoms with Crippen molar-refractivity contribution in [3.63, 3.8) is 0 Å². The van der Waals surface area contributed by atoms with Crippen molar-refractivity contribution in [1.29, 1.82) is 0 Å². The van der Waals surface area contributed by atoms with Crippen molar-refractivity contribution in [1.82, 2.24) is 10.3 Å². The second-order valence-corrected chi connectivity index (χ2v) is 5.09. The van der Waals surface area contributed by atoms with E-state index in [1.54, 1.807) is 0 Å². The van der Waals surface area contributed by atoms with Crippen LogP contribution in [0.4, 0.5) is 0 Å². The molecule has 0 spiro atoms. The summed E-state index contributed by atoms with van der Waals surface area (Å²) in [6.07, 6.45) is 5.97. The second kappa shape index (κ2) is 5.06. The molecule has 1 unspecified atom stereocenters. The number of aromatic nitrogens is 1. The molecule has 4 nitrogen and oxygen atoms in total. The molecule has 1 atom stereocenters. The molecule has 1 aliphatic heterocycles. The molecule has 18 heavy (non-hydrogen) atoms. The summed E-state index contributed by atoms with van der Waals surface area (Å²) in [6.45, 7) is 1.24. The molecule has 1 amide bonds. The Labute approximate surface area is 107 Å². The summed E-state index contributed by atoms with van der Waals surface area (Å²) in [5, 5.41) is 2.90. The van der Waals surface area contributed by atoms with Crippen molar-refractivity contribution in [3.8, 4) is 0 Å². The number of hydrogen-bond acceptors (Lipinski definition) is 3. The lowest BCUT2D eigenvalue weighted by atomic mass is 10.2. The van der Waals surface area contributed by atoms with E-state index in [4.69, 9.17) is 4.74 Å². The Morgan fingerprint density at radius 2 is 2.28 bits per heavy atom. The third kappa shape index (κ3) is 2.70. The number of nitrogens with zero attached hydrogens (tertiary/aromatic N) is 1. The van der Waals surface area contributed by atoms with E-state index in [0.717, 1.165) is 18.4 Å². The van der Waals surface area contributed by atoms with Gasteiger partial charge in [0, 0.05) is 31.0 Å². The molecular formula is C14H18N2O2. The van der Waals surface area contributed by atoms with Gasteiger partial charge in [-0.15, -0.1) is 0 Å². The quantitative estimate of drug-likeness (QED) is 0.880. The average Bonchev–Trinajstić information content (AvgIpc) is 3.11. The van der Waals surface area contributed by atoms with Crippen LogP contribution in [0.1, 0.15) is 42.9 Å². The molecule has 1 N–H and O–H groups in total. The fourth-order valence-corrected chi connectivity index (χ4v) is 2.25. The molecule has 0 radical (unpaired) electrons. The van der Waals surface area contributed by atoms with Gasteiger partial charge in [0.05, 0.1) is 0 Å². The van der Waals surface area contributed by atoms with E-state index in [9.17, 15) is 4.79 Å². The van der Waals surface area contributed by atoms with Gasteiger partial charge in [-0.2, -0.15) is 0 Å². The lowest BCUT2D eigenvalue weighted by Crippen LogP contribution is -2.33.